The fourth-order valence-corrected chi connectivity index (χ4v) is 1.25. The molecule has 78 valence electrons. The summed E-state index contributed by atoms with van der Waals surface area (Å²) in [6.07, 6.45) is 0. The summed E-state index contributed by atoms with van der Waals surface area (Å²) in [7, 11) is 0. The second kappa shape index (κ2) is 4.27. The number of aromatic nitrogens is 3. The summed E-state index contributed by atoms with van der Waals surface area (Å²) in [6.45, 7) is 2.21. The van der Waals surface area contributed by atoms with Crippen molar-refractivity contribution >= 4 is 17.4 Å². The molecular weight excluding hydrogens is 216 g/mol. The number of pyridine rings is 1. The Morgan fingerprint density at radius 3 is 2.93 bits per heavy atom. The van der Waals surface area contributed by atoms with Crippen LogP contribution in [-0.2, 0) is 6.54 Å². The van der Waals surface area contributed by atoms with Crippen LogP contribution in [0, 0.1) is 6.92 Å². The molecule has 0 saturated heterocycles. The summed E-state index contributed by atoms with van der Waals surface area (Å²) < 4.78 is 4.93. The zero-order valence-electron chi connectivity index (χ0n) is 8.07. The van der Waals surface area contributed by atoms with E-state index in [1.54, 1.807) is 13.0 Å². The van der Waals surface area contributed by atoms with Gasteiger partial charge in [0.1, 0.15) is 11.0 Å². The molecule has 0 bridgehead atoms. The Balaban J connectivity index is 1.99. The molecule has 2 aromatic rings. The van der Waals surface area contributed by atoms with E-state index in [0.717, 1.165) is 0 Å². The van der Waals surface area contributed by atoms with Gasteiger partial charge in [-0.15, -0.1) is 0 Å². The maximum absolute atomic E-state index is 5.73. The second-order valence-electron chi connectivity index (χ2n) is 2.93. The fraction of sp³-hybridized carbons (Fsp3) is 0.222. The number of nitrogens with zero attached hydrogens (tertiary/aromatic N) is 3. The molecule has 5 nitrogen and oxygen atoms in total. The van der Waals surface area contributed by atoms with Gasteiger partial charge in [0, 0.05) is 0 Å². The minimum atomic E-state index is 0.439. The first-order valence-corrected chi connectivity index (χ1v) is 4.77. The smallest absolute Gasteiger partial charge is 0.245 e. The summed E-state index contributed by atoms with van der Waals surface area (Å²) in [6, 6.07) is 5.34. The van der Waals surface area contributed by atoms with Crippen molar-refractivity contribution in [2.24, 2.45) is 0 Å². The minimum Gasteiger partial charge on any atom is -0.361 e. The number of halogens is 1. The van der Waals surface area contributed by atoms with Crippen LogP contribution in [-0.4, -0.2) is 15.1 Å². The highest BCUT2D eigenvalue weighted by atomic mass is 35.5. The van der Waals surface area contributed by atoms with Gasteiger partial charge >= 0.3 is 0 Å². The van der Waals surface area contributed by atoms with Gasteiger partial charge in [0.2, 0.25) is 5.89 Å². The summed E-state index contributed by atoms with van der Waals surface area (Å²) in [5.41, 5.74) is 0. The van der Waals surface area contributed by atoms with E-state index in [1.807, 2.05) is 12.1 Å². The molecule has 0 saturated carbocycles. The van der Waals surface area contributed by atoms with Crippen LogP contribution in [0.3, 0.4) is 0 Å². The van der Waals surface area contributed by atoms with Crippen LogP contribution in [0.15, 0.2) is 22.7 Å². The predicted octanol–water partition coefficient (Wildman–Crippen LogP) is 2.04. The Hall–Kier alpha value is -1.62. The lowest BCUT2D eigenvalue weighted by molar-refractivity contribution is 0.379. The van der Waals surface area contributed by atoms with Crippen LogP contribution < -0.4 is 5.32 Å². The van der Waals surface area contributed by atoms with Crippen LogP contribution in [0.5, 0.6) is 0 Å². The molecule has 0 aliphatic heterocycles. The van der Waals surface area contributed by atoms with Gasteiger partial charge in [-0.25, -0.2) is 4.98 Å². The number of hydrogen-bond acceptors (Lipinski definition) is 5. The van der Waals surface area contributed by atoms with E-state index in [0.29, 0.717) is 29.2 Å². The highest BCUT2D eigenvalue weighted by molar-refractivity contribution is 6.29. The molecule has 0 spiro atoms. The van der Waals surface area contributed by atoms with E-state index < -0.39 is 0 Å². The van der Waals surface area contributed by atoms with Crippen LogP contribution >= 0.6 is 11.6 Å². The molecule has 15 heavy (non-hydrogen) atoms. The molecule has 0 unspecified atom stereocenters. The van der Waals surface area contributed by atoms with Crippen LogP contribution in [0.25, 0.3) is 0 Å². The van der Waals surface area contributed by atoms with E-state index in [2.05, 4.69) is 20.4 Å². The molecule has 2 heterocycles. The third kappa shape index (κ3) is 2.66. The average Bonchev–Trinajstić information content (AvgIpc) is 2.62. The summed E-state index contributed by atoms with van der Waals surface area (Å²) in [5.74, 6) is 1.82. The van der Waals surface area contributed by atoms with E-state index in [9.17, 15) is 0 Å². The van der Waals surface area contributed by atoms with Crippen molar-refractivity contribution in [3.05, 3.63) is 35.1 Å². The molecule has 0 aliphatic rings. The van der Waals surface area contributed by atoms with Crippen molar-refractivity contribution in [3.63, 3.8) is 0 Å². The topological polar surface area (TPSA) is 63.8 Å². The first kappa shape index (κ1) is 9.92. The molecule has 2 rings (SSSR count). The van der Waals surface area contributed by atoms with Crippen LogP contribution in [0.2, 0.25) is 5.15 Å². The van der Waals surface area contributed by atoms with Gasteiger partial charge in [0.25, 0.3) is 0 Å². The van der Waals surface area contributed by atoms with E-state index in [1.165, 1.54) is 0 Å². The number of nitrogens with one attached hydrogen (secondary N) is 1. The van der Waals surface area contributed by atoms with Crippen LogP contribution in [0.4, 0.5) is 5.82 Å². The van der Waals surface area contributed by atoms with Gasteiger partial charge in [-0.05, 0) is 19.1 Å². The Morgan fingerprint density at radius 1 is 1.40 bits per heavy atom. The van der Waals surface area contributed by atoms with Crippen molar-refractivity contribution < 1.29 is 4.52 Å². The SMILES string of the molecule is Cc1noc(CNc2cccc(Cl)n2)n1. The summed E-state index contributed by atoms with van der Waals surface area (Å²) >= 11 is 5.73. The standard InChI is InChI=1S/C9H9ClN4O/c1-6-12-9(15-14-6)5-11-8-4-2-3-7(10)13-8/h2-4H,5H2,1H3,(H,11,13). The molecule has 6 heteroatoms. The Morgan fingerprint density at radius 2 is 2.27 bits per heavy atom. The number of rotatable bonds is 3. The second-order valence-corrected chi connectivity index (χ2v) is 3.32. The summed E-state index contributed by atoms with van der Waals surface area (Å²) in [4.78, 5) is 8.11. The molecule has 0 atom stereocenters. The highest BCUT2D eigenvalue weighted by Crippen LogP contribution is 2.10. The van der Waals surface area contributed by atoms with Crippen molar-refractivity contribution in [2.75, 3.05) is 5.32 Å². The number of aryl methyl sites for hydroxylation is 1. The Kier molecular flexibility index (Phi) is 2.82. The third-order valence-electron chi connectivity index (χ3n) is 1.71. The molecule has 0 fully saturated rings. The maximum atomic E-state index is 5.73. The first-order chi connectivity index (χ1) is 7.24. The molecule has 0 aliphatic carbocycles. The van der Waals surface area contributed by atoms with Crippen molar-refractivity contribution in [2.45, 2.75) is 13.5 Å². The minimum absolute atomic E-state index is 0.439. The lowest BCUT2D eigenvalue weighted by Crippen LogP contribution is -2.01. The first-order valence-electron chi connectivity index (χ1n) is 4.39. The highest BCUT2D eigenvalue weighted by Gasteiger charge is 2.02. The van der Waals surface area contributed by atoms with Crippen molar-refractivity contribution in [1.29, 1.82) is 0 Å². The molecule has 2 aromatic heterocycles. The predicted molar refractivity (Wildman–Crippen MR) is 55.6 cm³/mol. The molecular formula is C9H9ClN4O. The van der Waals surface area contributed by atoms with Gasteiger partial charge in [0.05, 0.1) is 6.54 Å². The zero-order chi connectivity index (χ0) is 10.7. The van der Waals surface area contributed by atoms with Crippen molar-refractivity contribution in [1.82, 2.24) is 15.1 Å². The molecule has 1 N–H and O–H groups in total. The largest absolute Gasteiger partial charge is 0.361 e. The maximum Gasteiger partial charge on any atom is 0.245 e. The fourth-order valence-electron chi connectivity index (χ4n) is 1.08. The van der Waals surface area contributed by atoms with Gasteiger partial charge in [0.15, 0.2) is 5.82 Å². The average molecular weight is 225 g/mol. The molecule has 0 aromatic carbocycles. The zero-order valence-corrected chi connectivity index (χ0v) is 8.82. The quantitative estimate of drug-likeness (QED) is 0.809. The monoisotopic (exact) mass is 224 g/mol. The van der Waals surface area contributed by atoms with Gasteiger partial charge in [-0.1, -0.05) is 22.8 Å². The number of anilines is 1. The lowest BCUT2D eigenvalue weighted by Gasteiger charge is -2.01. The van der Waals surface area contributed by atoms with E-state index >= 15 is 0 Å². The van der Waals surface area contributed by atoms with E-state index in [4.69, 9.17) is 16.1 Å². The number of hydrogen-bond donors (Lipinski definition) is 1. The van der Waals surface area contributed by atoms with Gasteiger partial charge in [-0.2, -0.15) is 4.98 Å². The third-order valence-corrected chi connectivity index (χ3v) is 1.92. The van der Waals surface area contributed by atoms with Crippen LogP contribution in [0.1, 0.15) is 11.7 Å². The van der Waals surface area contributed by atoms with E-state index in [-0.39, 0.29) is 0 Å². The molecule has 0 radical (unpaired) electrons. The van der Waals surface area contributed by atoms with Gasteiger partial charge in [-0.3, -0.25) is 0 Å². The normalized spacial score (nSPS) is 10.3. The lowest BCUT2D eigenvalue weighted by atomic mass is 10.4. The molecule has 0 amide bonds. The Labute approximate surface area is 91.5 Å². The van der Waals surface area contributed by atoms with Crippen molar-refractivity contribution in [3.8, 4) is 0 Å². The summed E-state index contributed by atoms with van der Waals surface area (Å²) in [5, 5.41) is 7.14. The van der Waals surface area contributed by atoms with Gasteiger partial charge < -0.3 is 9.84 Å². The Bertz CT molecular complexity index is 457.